The smallest absolute Gasteiger partial charge is 0.246 e. The first kappa shape index (κ1) is 28.7. The zero-order valence-electron chi connectivity index (χ0n) is 23.8. The molecule has 40 heavy (non-hydrogen) atoms. The summed E-state index contributed by atoms with van der Waals surface area (Å²) in [6.07, 6.45) is 4.00. The van der Waals surface area contributed by atoms with Crippen LogP contribution in [-0.4, -0.2) is 71.4 Å². The van der Waals surface area contributed by atoms with E-state index < -0.39 is 0 Å². The van der Waals surface area contributed by atoms with Crippen LogP contribution < -0.4 is 0 Å². The van der Waals surface area contributed by atoms with Crippen LogP contribution in [0.1, 0.15) is 50.3 Å². The second-order valence-corrected chi connectivity index (χ2v) is 10.2. The molecular weight excluding hydrogens is 505 g/mol. The Morgan fingerprint density at radius 2 is 1.85 bits per heavy atom. The quantitative estimate of drug-likeness (QED) is 0.222. The van der Waals surface area contributed by atoms with Crippen LogP contribution in [0.25, 0.3) is 11.1 Å². The third-order valence-electron chi connectivity index (χ3n) is 7.34. The Kier molecular flexibility index (Phi) is 8.77. The molecule has 0 saturated carbocycles. The highest BCUT2D eigenvalue weighted by molar-refractivity contribution is 6.25. The van der Waals surface area contributed by atoms with Crippen LogP contribution in [-0.2, 0) is 9.59 Å². The minimum atomic E-state index is -0.368. The molecule has 4 rings (SSSR count). The standard InChI is InChI=1S/C32H36FN5O2/c1-7-31(40)36-16-17-37(22(4)19-36)32(34-6)38-30(28(20-39)25-13-9-8-12-24(25)21(2)3)18-27(23(5)35-38)26-14-10-11-15-29(26)33/h7-15,18,20-22H,1,16-17,19H2,2-6H3/b30-28+,34-32-. The number of rotatable bonds is 5. The molecule has 0 radical (unpaired) electrons. The lowest BCUT2D eigenvalue weighted by molar-refractivity contribution is -0.128. The van der Waals surface area contributed by atoms with E-state index in [0.717, 1.165) is 17.4 Å². The molecule has 0 aliphatic carbocycles. The van der Waals surface area contributed by atoms with Gasteiger partial charge in [0.15, 0.2) is 6.29 Å². The first-order valence-electron chi connectivity index (χ1n) is 13.5. The van der Waals surface area contributed by atoms with Crippen molar-refractivity contribution in [2.24, 2.45) is 10.1 Å². The van der Waals surface area contributed by atoms with Gasteiger partial charge in [0.05, 0.1) is 11.4 Å². The van der Waals surface area contributed by atoms with Crippen molar-refractivity contribution in [2.75, 3.05) is 26.7 Å². The highest BCUT2D eigenvalue weighted by atomic mass is 19.1. The van der Waals surface area contributed by atoms with E-state index in [9.17, 15) is 14.0 Å². The topological polar surface area (TPSA) is 68.6 Å². The molecule has 2 aliphatic rings. The Hall–Kier alpha value is -4.33. The minimum Gasteiger partial charge on any atom is -0.335 e. The van der Waals surface area contributed by atoms with Crippen LogP contribution in [0.15, 0.2) is 83.1 Å². The molecule has 1 unspecified atom stereocenters. The summed E-state index contributed by atoms with van der Waals surface area (Å²) < 4.78 is 15.0. The Morgan fingerprint density at radius 1 is 1.15 bits per heavy atom. The van der Waals surface area contributed by atoms with Crippen molar-refractivity contribution in [1.29, 1.82) is 0 Å². The predicted octanol–water partition coefficient (Wildman–Crippen LogP) is 5.34. The molecule has 0 aromatic heterocycles. The summed E-state index contributed by atoms with van der Waals surface area (Å²) in [6, 6.07) is 14.3. The number of benzene rings is 2. The second kappa shape index (κ2) is 12.2. The van der Waals surface area contributed by atoms with Crippen molar-refractivity contribution in [2.45, 2.75) is 39.7 Å². The summed E-state index contributed by atoms with van der Waals surface area (Å²) in [5, 5.41) is 6.59. The number of aliphatic imine (C=N–C) groups is 1. The maximum absolute atomic E-state index is 15.0. The number of carbonyl (C=O) groups is 2. The SMILES string of the molecule is C=CC(=O)N1CCN(/C(=N/C)N2N=C(C)C(c3ccccc3F)=C/C2=C(/C=O)c2ccccc2C(C)C)C(C)C1. The van der Waals surface area contributed by atoms with E-state index >= 15 is 0 Å². The largest absolute Gasteiger partial charge is 0.335 e. The number of amides is 1. The van der Waals surface area contributed by atoms with E-state index in [2.05, 4.69) is 30.3 Å². The monoisotopic (exact) mass is 541 g/mol. The maximum Gasteiger partial charge on any atom is 0.246 e. The molecule has 2 aromatic carbocycles. The van der Waals surface area contributed by atoms with Crippen LogP contribution in [0.3, 0.4) is 0 Å². The lowest BCUT2D eigenvalue weighted by Crippen LogP contribution is -2.58. The number of hydrogen-bond acceptors (Lipinski definition) is 4. The van der Waals surface area contributed by atoms with Gasteiger partial charge in [0.1, 0.15) is 5.82 Å². The molecule has 2 aliphatic heterocycles. The van der Waals surface area contributed by atoms with Crippen LogP contribution in [0.2, 0.25) is 0 Å². The molecule has 208 valence electrons. The van der Waals surface area contributed by atoms with Crippen molar-refractivity contribution in [3.05, 3.63) is 95.5 Å². The van der Waals surface area contributed by atoms with Crippen LogP contribution in [0.4, 0.5) is 4.39 Å². The molecule has 0 spiro atoms. The molecule has 0 N–H and O–H groups in total. The average molecular weight is 542 g/mol. The van der Waals surface area contributed by atoms with Gasteiger partial charge < -0.3 is 9.80 Å². The predicted molar refractivity (Wildman–Crippen MR) is 159 cm³/mol. The summed E-state index contributed by atoms with van der Waals surface area (Å²) in [5.41, 5.74) is 4.33. The van der Waals surface area contributed by atoms with Crippen molar-refractivity contribution < 1.29 is 14.0 Å². The van der Waals surface area contributed by atoms with Crippen LogP contribution in [0, 0.1) is 5.82 Å². The highest BCUT2D eigenvalue weighted by Crippen LogP contribution is 2.34. The second-order valence-electron chi connectivity index (χ2n) is 10.2. The van der Waals surface area contributed by atoms with E-state index in [-0.39, 0.29) is 23.7 Å². The lowest BCUT2D eigenvalue weighted by Gasteiger charge is -2.43. The third-order valence-corrected chi connectivity index (χ3v) is 7.34. The Balaban J connectivity index is 1.90. The molecule has 2 aromatic rings. The van der Waals surface area contributed by atoms with Gasteiger partial charge in [0, 0.05) is 49.4 Å². The van der Waals surface area contributed by atoms with E-state index in [1.807, 2.05) is 44.2 Å². The van der Waals surface area contributed by atoms with Gasteiger partial charge in [0.25, 0.3) is 0 Å². The number of nitrogens with zero attached hydrogens (tertiary/aromatic N) is 5. The fourth-order valence-electron chi connectivity index (χ4n) is 5.29. The number of aldehydes is 1. The number of allylic oxidation sites excluding steroid dienone is 3. The maximum atomic E-state index is 15.0. The fourth-order valence-corrected chi connectivity index (χ4v) is 5.29. The van der Waals surface area contributed by atoms with Gasteiger partial charge in [-0.1, -0.05) is 62.9 Å². The van der Waals surface area contributed by atoms with Crippen LogP contribution in [0.5, 0.6) is 0 Å². The van der Waals surface area contributed by atoms with Gasteiger partial charge in [-0.2, -0.15) is 10.1 Å². The molecule has 8 heteroatoms. The molecule has 2 heterocycles. The van der Waals surface area contributed by atoms with Crippen molar-refractivity contribution in [3.63, 3.8) is 0 Å². The summed E-state index contributed by atoms with van der Waals surface area (Å²) >= 11 is 0. The highest BCUT2D eigenvalue weighted by Gasteiger charge is 2.34. The molecule has 0 bridgehead atoms. The van der Waals surface area contributed by atoms with Gasteiger partial charge in [-0.3, -0.25) is 14.6 Å². The number of carbonyl (C=O) groups excluding carboxylic acids is 2. The molecular formula is C32H36FN5O2. The van der Waals surface area contributed by atoms with Crippen molar-refractivity contribution in [3.8, 4) is 0 Å². The van der Waals surface area contributed by atoms with E-state index in [0.29, 0.717) is 53.7 Å². The Labute approximate surface area is 235 Å². The molecule has 7 nitrogen and oxygen atoms in total. The number of hydrazone groups is 1. The molecule has 1 saturated heterocycles. The number of guanidine groups is 1. The van der Waals surface area contributed by atoms with Crippen LogP contribution >= 0.6 is 0 Å². The van der Waals surface area contributed by atoms with E-state index in [1.165, 1.54) is 12.1 Å². The van der Waals surface area contributed by atoms with Gasteiger partial charge >= 0.3 is 0 Å². The zero-order valence-corrected chi connectivity index (χ0v) is 23.8. The Bertz CT molecular complexity index is 1440. The molecule has 1 atom stereocenters. The van der Waals surface area contributed by atoms with E-state index in [4.69, 9.17) is 5.10 Å². The summed E-state index contributed by atoms with van der Waals surface area (Å²) in [5.74, 6) is 0.226. The lowest BCUT2D eigenvalue weighted by atomic mass is 9.90. The number of hydrogen-bond donors (Lipinski definition) is 0. The number of piperazine rings is 1. The van der Waals surface area contributed by atoms with Gasteiger partial charge in [0.2, 0.25) is 11.9 Å². The normalized spacial score (nSPS) is 19.3. The first-order valence-corrected chi connectivity index (χ1v) is 13.5. The van der Waals surface area contributed by atoms with Gasteiger partial charge in [-0.15, -0.1) is 0 Å². The zero-order chi connectivity index (χ0) is 29.0. The van der Waals surface area contributed by atoms with Gasteiger partial charge in [-0.05, 0) is 49.1 Å². The third kappa shape index (κ3) is 5.52. The minimum absolute atomic E-state index is 0.0762. The van der Waals surface area contributed by atoms with Gasteiger partial charge in [-0.25, -0.2) is 4.39 Å². The summed E-state index contributed by atoms with van der Waals surface area (Å²) in [4.78, 5) is 33.6. The Morgan fingerprint density at radius 3 is 2.48 bits per heavy atom. The van der Waals surface area contributed by atoms with Crippen molar-refractivity contribution >= 4 is 35.0 Å². The van der Waals surface area contributed by atoms with Crippen molar-refractivity contribution in [1.82, 2.24) is 14.8 Å². The van der Waals surface area contributed by atoms with E-state index in [1.54, 1.807) is 35.2 Å². The first-order chi connectivity index (χ1) is 19.2. The summed E-state index contributed by atoms with van der Waals surface area (Å²) in [6.45, 7) is 13.1. The fraction of sp³-hybridized carbons (Fsp3) is 0.312. The molecule has 1 amide bonds. The number of halogens is 1. The average Bonchev–Trinajstić information content (AvgIpc) is 2.95. The summed E-state index contributed by atoms with van der Waals surface area (Å²) in [7, 11) is 1.69. The molecule has 1 fully saturated rings.